The van der Waals surface area contributed by atoms with Crippen molar-refractivity contribution < 1.29 is 18.7 Å². The number of carbonyl (C=O) groups is 2. The van der Waals surface area contributed by atoms with Crippen molar-refractivity contribution in [1.82, 2.24) is 9.80 Å². The summed E-state index contributed by atoms with van der Waals surface area (Å²) in [5.41, 5.74) is 2.85. The van der Waals surface area contributed by atoms with Crippen LogP contribution < -0.4 is 0 Å². The molecule has 1 fully saturated rings. The van der Waals surface area contributed by atoms with E-state index in [0.717, 1.165) is 37.7 Å². The molecule has 0 spiro atoms. The molecule has 1 aliphatic rings. The molecule has 6 nitrogen and oxygen atoms in total. The van der Waals surface area contributed by atoms with E-state index in [1.165, 1.54) is 5.56 Å². The smallest absolute Gasteiger partial charge is 0.254 e. The second kappa shape index (κ2) is 13.1. The molecule has 0 radical (unpaired) electrons. The van der Waals surface area contributed by atoms with Gasteiger partial charge in [-0.05, 0) is 61.1 Å². The Kier molecular flexibility index (Phi) is 9.33. The van der Waals surface area contributed by atoms with Crippen LogP contribution in [-0.4, -0.2) is 47.4 Å². The molecule has 0 saturated carbocycles. The third-order valence-electron chi connectivity index (χ3n) is 6.58. The summed E-state index contributed by atoms with van der Waals surface area (Å²) < 4.78 is 11.3. The summed E-state index contributed by atoms with van der Waals surface area (Å²) in [6, 6.07) is 21.4. The molecule has 190 valence electrons. The number of furan rings is 1. The maximum atomic E-state index is 13.6. The van der Waals surface area contributed by atoms with Crippen LogP contribution >= 0.6 is 0 Å². The molecule has 36 heavy (non-hydrogen) atoms. The fourth-order valence-corrected chi connectivity index (χ4v) is 4.52. The molecular formula is C30H36N2O4. The van der Waals surface area contributed by atoms with Gasteiger partial charge in [0.05, 0.1) is 18.9 Å². The van der Waals surface area contributed by atoms with Crippen molar-refractivity contribution in [3.63, 3.8) is 0 Å². The summed E-state index contributed by atoms with van der Waals surface area (Å²) in [4.78, 5) is 30.6. The Morgan fingerprint density at radius 3 is 2.39 bits per heavy atom. The average molecular weight is 489 g/mol. The molecule has 2 aromatic carbocycles. The summed E-state index contributed by atoms with van der Waals surface area (Å²) in [5, 5.41) is 0. The van der Waals surface area contributed by atoms with E-state index in [0.29, 0.717) is 37.6 Å². The van der Waals surface area contributed by atoms with Gasteiger partial charge in [-0.2, -0.15) is 0 Å². The molecule has 1 atom stereocenters. The first-order valence-electron chi connectivity index (χ1n) is 13.0. The lowest BCUT2D eigenvalue weighted by Gasteiger charge is -2.29. The summed E-state index contributed by atoms with van der Waals surface area (Å²) in [5.74, 6) is 0.443. The Morgan fingerprint density at radius 1 is 0.917 bits per heavy atom. The van der Waals surface area contributed by atoms with Crippen LogP contribution in [0.25, 0.3) is 0 Å². The molecule has 2 amide bonds. The molecule has 6 heteroatoms. The zero-order valence-corrected chi connectivity index (χ0v) is 21.1. The highest BCUT2D eigenvalue weighted by atomic mass is 16.5. The van der Waals surface area contributed by atoms with Crippen LogP contribution in [0.3, 0.4) is 0 Å². The third kappa shape index (κ3) is 7.31. The number of ether oxygens (including phenoxy) is 1. The normalized spacial score (nSPS) is 15.1. The van der Waals surface area contributed by atoms with Gasteiger partial charge in [-0.25, -0.2) is 0 Å². The number of amides is 2. The molecule has 1 saturated heterocycles. The van der Waals surface area contributed by atoms with Crippen LogP contribution in [0.4, 0.5) is 0 Å². The summed E-state index contributed by atoms with van der Waals surface area (Å²) in [6.07, 6.45) is 6.70. The van der Waals surface area contributed by atoms with E-state index in [9.17, 15) is 9.59 Å². The Bertz CT molecular complexity index is 1070. The van der Waals surface area contributed by atoms with Gasteiger partial charge in [0.1, 0.15) is 12.3 Å². The standard InChI is InChI=1S/C30H36N2O4/c1-2-3-9-24-14-16-26(17-15-24)30(34)32(22-28-13-8-19-36-28)23-29(33)31(21-27-12-7-18-35-27)20-25-10-5-4-6-11-25/h4-7,10-12,14-18,28H,2-3,8-9,13,19-23H2,1H3. The molecule has 4 rings (SSSR count). The Labute approximate surface area is 213 Å². The SMILES string of the molecule is CCCCc1ccc(C(=O)N(CC(=O)N(Cc2ccccc2)Cc2ccco2)CC2CCCO2)cc1. The number of aryl methyl sites for hydroxylation is 1. The summed E-state index contributed by atoms with van der Waals surface area (Å²) in [6.45, 7) is 4.05. The van der Waals surface area contributed by atoms with Gasteiger partial charge < -0.3 is 19.0 Å². The van der Waals surface area contributed by atoms with Crippen LogP contribution in [0.5, 0.6) is 0 Å². The van der Waals surface area contributed by atoms with E-state index >= 15 is 0 Å². The lowest BCUT2D eigenvalue weighted by Crippen LogP contribution is -2.45. The molecule has 3 aromatic rings. The highest BCUT2D eigenvalue weighted by molar-refractivity contribution is 5.96. The minimum absolute atomic E-state index is 0.0101. The Balaban J connectivity index is 1.51. The van der Waals surface area contributed by atoms with Crippen LogP contribution in [0, 0.1) is 0 Å². The van der Waals surface area contributed by atoms with Gasteiger partial charge in [0.2, 0.25) is 5.91 Å². The third-order valence-corrected chi connectivity index (χ3v) is 6.58. The number of rotatable bonds is 12. The van der Waals surface area contributed by atoms with Gasteiger partial charge >= 0.3 is 0 Å². The number of nitrogens with zero attached hydrogens (tertiary/aromatic N) is 2. The lowest BCUT2D eigenvalue weighted by atomic mass is 10.1. The van der Waals surface area contributed by atoms with E-state index in [1.54, 1.807) is 16.1 Å². The molecule has 1 unspecified atom stereocenters. The van der Waals surface area contributed by atoms with Crippen molar-refractivity contribution in [2.24, 2.45) is 0 Å². The number of benzene rings is 2. The van der Waals surface area contributed by atoms with Crippen LogP contribution in [0.1, 0.15) is 59.9 Å². The number of carbonyl (C=O) groups excluding carboxylic acids is 2. The van der Waals surface area contributed by atoms with Crippen molar-refractivity contribution in [1.29, 1.82) is 0 Å². The number of unbranched alkanes of at least 4 members (excludes halogenated alkanes) is 1. The van der Waals surface area contributed by atoms with Crippen molar-refractivity contribution in [2.45, 2.75) is 58.2 Å². The first-order valence-corrected chi connectivity index (χ1v) is 13.0. The zero-order chi connectivity index (χ0) is 25.2. The first-order chi connectivity index (χ1) is 17.6. The maximum Gasteiger partial charge on any atom is 0.254 e. The molecular weight excluding hydrogens is 452 g/mol. The molecule has 1 aromatic heterocycles. The Morgan fingerprint density at radius 2 is 1.72 bits per heavy atom. The van der Waals surface area contributed by atoms with Crippen molar-refractivity contribution >= 4 is 11.8 Å². The van der Waals surface area contributed by atoms with E-state index in [2.05, 4.69) is 6.92 Å². The molecule has 0 N–H and O–H groups in total. The predicted octanol–water partition coefficient (Wildman–Crippen LogP) is 5.47. The van der Waals surface area contributed by atoms with E-state index in [-0.39, 0.29) is 24.5 Å². The van der Waals surface area contributed by atoms with Gasteiger partial charge in [0, 0.05) is 25.3 Å². The molecule has 2 heterocycles. The van der Waals surface area contributed by atoms with Gasteiger partial charge in [-0.3, -0.25) is 9.59 Å². The number of hydrogen-bond acceptors (Lipinski definition) is 4. The monoisotopic (exact) mass is 488 g/mol. The molecule has 0 bridgehead atoms. The summed E-state index contributed by atoms with van der Waals surface area (Å²) in [7, 11) is 0. The quantitative estimate of drug-likeness (QED) is 0.339. The fraction of sp³-hybridized carbons (Fsp3) is 0.400. The van der Waals surface area contributed by atoms with Crippen molar-refractivity contribution in [3.05, 3.63) is 95.4 Å². The first kappa shape index (κ1) is 25.7. The zero-order valence-electron chi connectivity index (χ0n) is 21.1. The minimum Gasteiger partial charge on any atom is -0.467 e. The van der Waals surface area contributed by atoms with Crippen LogP contribution in [0.15, 0.2) is 77.4 Å². The van der Waals surface area contributed by atoms with E-state index in [1.807, 2.05) is 66.7 Å². The highest BCUT2D eigenvalue weighted by Crippen LogP contribution is 2.18. The van der Waals surface area contributed by atoms with Crippen LogP contribution in [-0.2, 0) is 29.0 Å². The van der Waals surface area contributed by atoms with Crippen LogP contribution in [0.2, 0.25) is 0 Å². The topological polar surface area (TPSA) is 63.0 Å². The largest absolute Gasteiger partial charge is 0.467 e. The van der Waals surface area contributed by atoms with Crippen molar-refractivity contribution in [3.8, 4) is 0 Å². The second-order valence-corrected chi connectivity index (χ2v) is 9.44. The predicted molar refractivity (Wildman–Crippen MR) is 139 cm³/mol. The average Bonchev–Trinajstić information content (AvgIpc) is 3.62. The lowest BCUT2D eigenvalue weighted by molar-refractivity contribution is -0.133. The molecule has 1 aliphatic heterocycles. The van der Waals surface area contributed by atoms with E-state index in [4.69, 9.17) is 9.15 Å². The second-order valence-electron chi connectivity index (χ2n) is 9.44. The Hall–Kier alpha value is -3.38. The van der Waals surface area contributed by atoms with Gasteiger partial charge in [-0.15, -0.1) is 0 Å². The summed E-state index contributed by atoms with van der Waals surface area (Å²) >= 11 is 0. The van der Waals surface area contributed by atoms with Gasteiger partial charge in [-0.1, -0.05) is 55.8 Å². The maximum absolute atomic E-state index is 13.6. The fourth-order valence-electron chi connectivity index (χ4n) is 4.52. The van der Waals surface area contributed by atoms with Gasteiger partial charge in [0.25, 0.3) is 5.91 Å². The van der Waals surface area contributed by atoms with Gasteiger partial charge in [0.15, 0.2) is 0 Å². The highest BCUT2D eigenvalue weighted by Gasteiger charge is 2.27. The van der Waals surface area contributed by atoms with Crippen molar-refractivity contribution in [2.75, 3.05) is 19.7 Å². The van der Waals surface area contributed by atoms with E-state index < -0.39 is 0 Å². The molecule has 0 aliphatic carbocycles. The number of hydrogen-bond donors (Lipinski definition) is 0. The minimum atomic E-state index is -0.140.